The standard InChI is InChI=1S/C23H25Cl2FN4O.ClH/c1-15-21(23(31)28-29-12-4-2-3-5-13-29)27-30(20-11-8-17(24)14-19(20)25)22(15)16-6-9-18(26)10-7-16;/h6-11,14-15,22H,2-5,12-13H2,1H3,(H,28,31);1H/t15-,22-;/m1./s1. The number of halogens is 4. The van der Waals surface area contributed by atoms with Crippen LogP contribution in [0, 0.1) is 11.7 Å². The highest BCUT2D eigenvalue weighted by atomic mass is 35.5. The molecule has 0 bridgehead atoms. The highest BCUT2D eigenvalue weighted by molar-refractivity contribution is 6.41. The average Bonchev–Trinajstić information content (AvgIpc) is 2.89. The minimum atomic E-state index is -0.314. The molecule has 4 rings (SSSR count). The van der Waals surface area contributed by atoms with Crippen LogP contribution in [0.5, 0.6) is 0 Å². The Morgan fingerprint density at radius 2 is 1.72 bits per heavy atom. The molecule has 0 unspecified atom stereocenters. The molecule has 172 valence electrons. The molecule has 0 aromatic heterocycles. The van der Waals surface area contributed by atoms with Gasteiger partial charge in [-0.15, -0.1) is 12.4 Å². The third-order valence-corrected chi connectivity index (χ3v) is 6.39. The number of anilines is 1. The summed E-state index contributed by atoms with van der Waals surface area (Å²) in [6.45, 7) is 3.63. The van der Waals surface area contributed by atoms with Crippen LogP contribution in [0.15, 0.2) is 47.6 Å². The Bertz CT molecular complexity index is 978. The predicted molar refractivity (Wildman–Crippen MR) is 130 cm³/mol. The van der Waals surface area contributed by atoms with Crippen molar-refractivity contribution in [2.24, 2.45) is 11.0 Å². The summed E-state index contributed by atoms with van der Waals surface area (Å²) in [5.41, 5.74) is 4.94. The third kappa shape index (κ3) is 5.37. The van der Waals surface area contributed by atoms with Gasteiger partial charge < -0.3 is 0 Å². The number of amides is 1. The van der Waals surface area contributed by atoms with E-state index in [1.54, 1.807) is 35.3 Å². The van der Waals surface area contributed by atoms with Crippen LogP contribution < -0.4 is 10.4 Å². The third-order valence-electron chi connectivity index (χ3n) is 5.85. The lowest BCUT2D eigenvalue weighted by atomic mass is 9.91. The van der Waals surface area contributed by atoms with Crippen LogP contribution in [-0.2, 0) is 4.79 Å². The summed E-state index contributed by atoms with van der Waals surface area (Å²) in [5, 5.41) is 9.37. The Morgan fingerprint density at radius 1 is 1.06 bits per heavy atom. The van der Waals surface area contributed by atoms with Gasteiger partial charge in [0.15, 0.2) is 0 Å². The second kappa shape index (κ2) is 10.8. The number of hydrogen-bond acceptors (Lipinski definition) is 4. The quantitative estimate of drug-likeness (QED) is 0.560. The molecular weight excluding hydrogens is 474 g/mol. The summed E-state index contributed by atoms with van der Waals surface area (Å²) in [6, 6.07) is 11.1. The molecule has 1 N–H and O–H groups in total. The summed E-state index contributed by atoms with van der Waals surface area (Å²) >= 11 is 12.5. The number of carbonyl (C=O) groups excluding carboxylic acids is 1. The molecule has 1 saturated heterocycles. The number of nitrogens with zero attached hydrogens (tertiary/aromatic N) is 3. The normalized spacial score (nSPS) is 21.5. The van der Waals surface area contributed by atoms with Crippen molar-refractivity contribution < 1.29 is 9.18 Å². The van der Waals surface area contributed by atoms with Crippen LogP contribution in [0.2, 0.25) is 10.0 Å². The van der Waals surface area contributed by atoms with Gasteiger partial charge in [0, 0.05) is 24.0 Å². The Hall–Kier alpha value is -1.86. The molecule has 9 heteroatoms. The highest BCUT2D eigenvalue weighted by Gasteiger charge is 2.40. The Morgan fingerprint density at radius 3 is 2.34 bits per heavy atom. The number of hydrazone groups is 1. The van der Waals surface area contributed by atoms with Crippen molar-refractivity contribution in [2.45, 2.75) is 38.6 Å². The Kier molecular flexibility index (Phi) is 8.39. The SMILES string of the molecule is C[C@@H]1C(C(=O)NN2CCCCCC2)=NN(c2ccc(Cl)cc2Cl)[C@H]1c1ccc(F)cc1.Cl. The fourth-order valence-electron chi connectivity index (χ4n) is 4.23. The van der Waals surface area contributed by atoms with Crippen molar-refractivity contribution in [3.05, 3.63) is 63.9 Å². The lowest BCUT2D eigenvalue weighted by molar-refractivity contribution is -0.119. The summed E-state index contributed by atoms with van der Waals surface area (Å²) in [6.07, 6.45) is 4.48. The first-order valence-corrected chi connectivity index (χ1v) is 11.3. The fourth-order valence-corrected chi connectivity index (χ4v) is 4.72. The van der Waals surface area contributed by atoms with Gasteiger partial charge in [-0.3, -0.25) is 15.2 Å². The maximum Gasteiger partial charge on any atom is 0.282 e. The largest absolute Gasteiger partial charge is 0.284 e. The van der Waals surface area contributed by atoms with Gasteiger partial charge in [0.2, 0.25) is 0 Å². The van der Waals surface area contributed by atoms with E-state index >= 15 is 0 Å². The van der Waals surface area contributed by atoms with Crippen LogP contribution >= 0.6 is 35.6 Å². The monoisotopic (exact) mass is 498 g/mol. The van der Waals surface area contributed by atoms with E-state index in [2.05, 4.69) is 10.5 Å². The van der Waals surface area contributed by atoms with Crippen molar-refractivity contribution in [2.75, 3.05) is 18.1 Å². The zero-order chi connectivity index (χ0) is 22.0. The molecule has 32 heavy (non-hydrogen) atoms. The van der Waals surface area contributed by atoms with Crippen LogP contribution in [0.25, 0.3) is 0 Å². The van der Waals surface area contributed by atoms with Crippen LogP contribution in [0.1, 0.15) is 44.2 Å². The van der Waals surface area contributed by atoms with E-state index in [0.717, 1.165) is 31.5 Å². The molecule has 5 nitrogen and oxygen atoms in total. The van der Waals surface area contributed by atoms with E-state index in [-0.39, 0.29) is 36.1 Å². The summed E-state index contributed by atoms with van der Waals surface area (Å²) in [7, 11) is 0. The van der Waals surface area contributed by atoms with Crippen molar-refractivity contribution in [3.8, 4) is 0 Å². The Balaban J connectivity index is 0.00000289. The maximum atomic E-state index is 13.6. The molecule has 1 amide bonds. The number of benzene rings is 2. The van der Waals surface area contributed by atoms with Crippen molar-refractivity contribution in [1.82, 2.24) is 10.4 Å². The van der Waals surface area contributed by atoms with Gasteiger partial charge in [-0.25, -0.2) is 9.40 Å². The van der Waals surface area contributed by atoms with E-state index in [1.807, 2.05) is 11.9 Å². The second-order valence-electron chi connectivity index (χ2n) is 8.05. The van der Waals surface area contributed by atoms with Crippen molar-refractivity contribution in [1.29, 1.82) is 0 Å². The summed E-state index contributed by atoms with van der Waals surface area (Å²) in [5.74, 6) is -0.760. The maximum absolute atomic E-state index is 13.6. The van der Waals surface area contributed by atoms with E-state index in [4.69, 9.17) is 23.2 Å². The fraction of sp³-hybridized carbons (Fsp3) is 0.391. The minimum Gasteiger partial charge on any atom is -0.284 e. The van der Waals surface area contributed by atoms with Gasteiger partial charge in [0.1, 0.15) is 11.5 Å². The lowest BCUT2D eigenvalue weighted by Gasteiger charge is -2.27. The molecule has 1 fully saturated rings. The van der Waals surface area contributed by atoms with E-state index in [9.17, 15) is 9.18 Å². The van der Waals surface area contributed by atoms with Gasteiger partial charge >= 0.3 is 0 Å². The molecule has 2 aliphatic heterocycles. The minimum absolute atomic E-state index is 0. The smallest absolute Gasteiger partial charge is 0.282 e. The highest BCUT2D eigenvalue weighted by Crippen LogP contribution is 2.42. The van der Waals surface area contributed by atoms with Crippen molar-refractivity contribution in [3.63, 3.8) is 0 Å². The van der Waals surface area contributed by atoms with E-state index in [1.165, 1.54) is 25.0 Å². The predicted octanol–water partition coefficient (Wildman–Crippen LogP) is 6.01. The van der Waals surface area contributed by atoms with Gasteiger partial charge in [0.25, 0.3) is 5.91 Å². The molecule has 0 saturated carbocycles. The first-order valence-electron chi connectivity index (χ1n) is 10.6. The lowest BCUT2D eigenvalue weighted by Crippen LogP contribution is -2.46. The van der Waals surface area contributed by atoms with Gasteiger partial charge in [-0.1, -0.05) is 55.1 Å². The number of nitrogens with one attached hydrogen (secondary N) is 1. The molecule has 2 heterocycles. The van der Waals surface area contributed by atoms with Crippen LogP contribution in [0.3, 0.4) is 0 Å². The molecule has 2 aliphatic rings. The topological polar surface area (TPSA) is 47.9 Å². The first-order chi connectivity index (χ1) is 14.9. The molecule has 0 aliphatic carbocycles. The molecule has 0 spiro atoms. The van der Waals surface area contributed by atoms with Crippen molar-refractivity contribution >= 4 is 52.9 Å². The van der Waals surface area contributed by atoms with E-state index < -0.39 is 0 Å². The number of hydrazine groups is 1. The Labute approximate surface area is 203 Å². The first kappa shape index (κ1) is 24.8. The zero-order valence-corrected chi connectivity index (χ0v) is 20.1. The summed E-state index contributed by atoms with van der Waals surface area (Å²) < 4.78 is 13.6. The summed E-state index contributed by atoms with van der Waals surface area (Å²) in [4.78, 5) is 13.2. The van der Waals surface area contributed by atoms with Gasteiger partial charge in [-0.05, 0) is 48.7 Å². The van der Waals surface area contributed by atoms with E-state index in [0.29, 0.717) is 21.4 Å². The van der Waals surface area contributed by atoms with Crippen LogP contribution in [0.4, 0.5) is 10.1 Å². The molecular formula is C23H26Cl3FN4O. The molecule has 2 atom stereocenters. The van der Waals surface area contributed by atoms with Gasteiger partial charge in [-0.2, -0.15) is 5.10 Å². The van der Waals surface area contributed by atoms with Gasteiger partial charge in [0.05, 0.1) is 16.8 Å². The number of hydrogen-bond donors (Lipinski definition) is 1. The number of rotatable bonds is 4. The molecule has 0 radical (unpaired) electrons. The second-order valence-corrected chi connectivity index (χ2v) is 8.90. The average molecular weight is 500 g/mol. The molecule has 2 aromatic rings. The van der Waals surface area contributed by atoms with Crippen LogP contribution in [-0.4, -0.2) is 29.7 Å². The molecule has 2 aromatic carbocycles. The zero-order valence-electron chi connectivity index (χ0n) is 17.7. The number of carbonyl (C=O) groups is 1.